The monoisotopic (exact) mass is 222 g/mol. The van der Waals surface area contributed by atoms with E-state index < -0.39 is 0 Å². The molecule has 0 amide bonds. The second kappa shape index (κ2) is 3.55. The van der Waals surface area contributed by atoms with Gasteiger partial charge in [0.1, 0.15) is 5.15 Å². The minimum atomic E-state index is 0.433. The average Bonchev–Trinajstić information content (AvgIpc) is 2.50. The van der Waals surface area contributed by atoms with Gasteiger partial charge >= 0.3 is 0 Å². The van der Waals surface area contributed by atoms with Gasteiger partial charge in [0.05, 0.1) is 17.1 Å². The van der Waals surface area contributed by atoms with Gasteiger partial charge in [0.15, 0.2) is 0 Å². The molecule has 0 fully saturated rings. The van der Waals surface area contributed by atoms with Gasteiger partial charge in [-0.15, -0.1) is 0 Å². The van der Waals surface area contributed by atoms with Gasteiger partial charge in [-0.3, -0.25) is 4.68 Å². The number of hydrogen-bond acceptors (Lipinski definition) is 3. The number of pyridine rings is 1. The maximum absolute atomic E-state index is 5.84. The van der Waals surface area contributed by atoms with Gasteiger partial charge in [0.2, 0.25) is 0 Å². The lowest BCUT2D eigenvalue weighted by molar-refractivity contribution is 0.756. The molecule has 2 N–H and O–H groups in total. The van der Waals surface area contributed by atoms with Crippen molar-refractivity contribution in [3.05, 3.63) is 29.2 Å². The third kappa shape index (κ3) is 1.80. The van der Waals surface area contributed by atoms with E-state index in [4.69, 9.17) is 17.3 Å². The van der Waals surface area contributed by atoms with E-state index in [1.165, 1.54) is 0 Å². The molecule has 2 aromatic heterocycles. The summed E-state index contributed by atoms with van der Waals surface area (Å²) in [7, 11) is 1.86. The zero-order valence-corrected chi connectivity index (χ0v) is 9.28. The van der Waals surface area contributed by atoms with E-state index in [0.29, 0.717) is 16.5 Å². The third-order valence-corrected chi connectivity index (χ3v) is 2.37. The molecule has 0 aliphatic heterocycles. The van der Waals surface area contributed by atoms with Gasteiger partial charge in [-0.25, -0.2) is 4.98 Å². The molecule has 78 valence electrons. The molecule has 2 heterocycles. The zero-order chi connectivity index (χ0) is 11.0. The van der Waals surface area contributed by atoms with E-state index in [1.807, 2.05) is 20.2 Å². The van der Waals surface area contributed by atoms with Crippen molar-refractivity contribution in [2.75, 3.05) is 5.73 Å². The smallest absolute Gasteiger partial charge is 0.129 e. The van der Waals surface area contributed by atoms with Crippen molar-refractivity contribution >= 4 is 17.3 Å². The number of anilines is 1. The molecule has 0 aliphatic carbocycles. The highest BCUT2D eigenvalue weighted by molar-refractivity contribution is 6.29. The van der Waals surface area contributed by atoms with E-state index in [-0.39, 0.29) is 0 Å². The molecule has 4 nitrogen and oxygen atoms in total. The molecule has 0 saturated heterocycles. The van der Waals surface area contributed by atoms with Crippen LogP contribution in [0.2, 0.25) is 5.15 Å². The van der Waals surface area contributed by atoms with Gasteiger partial charge in [-0.2, -0.15) is 5.10 Å². The van der Waals surface area contributed by atoms with E-state index in [1.54, 1.807) is 16.8 Å². The van der Waals surface area contributed by atoms with E-state index >= 15 is 0 Å². The fourth-order valence-corrected chi connectivity index (χ4v) is 1.64. The number of rotatable bonds is 1. The van der Waals surface area contributed by atoms with Crippen LogP contribution in [0.3, 0.4) is 0 Å². The van der Waals surface area contributed by atoms with Gasteiger partial charge in [-0.05, 0) is 19.1 Å². The highest BCUT2D eigenvalue weighted by Crippen LogP contribution is 2.27. The van der Waals surface area contributed by atoms with Crippen molar-refractivity contribution < 1.29 is 0 Å². The first-order chi connectivity index (χ1) is 7.08. The van der Waals surface area contributed by atoms with Crippen LogP contribution in [0, 0.1) is 6.92 Å². The minimum absolute atomic E-state index is 0.433. The van der Waals surface area contributed by atoms with Crippen molar-refractivity contribution in [2.24, 2.45) is 7.05 Å². The Bertz CT molecular complexity index is 504. The van der Waals surface area contributed by atoms with Crippen LogP contribution in [0.4, 0.5) is 5.69 Å². The van der Waals surface area contributed by atoms with E-state index in [9.17, 15) is 0 Å². The van der Waals surface area contributed by atoms with Crippen molar-refractivity contribution in [2.45, 2.75) is 6.92 Å². The summed E-state index contributed by atoms with van der Waals surface area (Å²) in [6.07, 6.45) is 1.88. The number of hydrogen-bond donors (Lipinski definition) is 1. The maximum atomic E-state index is 5.84. The molecule has 0 aliphatic rings. The molecule has 0 atom stereocenters. The maximum Gasteiger partial charge on any atom is 0.129 e. The number of nitrogens with zero attached hydrogens (tertiary/aromatic N) is 3. The predicted molar refractivity (Wildman–Crippen MR) is 60.6 cm³/mol. The van der Waals surface area contributed by atoms with Crippen molar-refractivity contribution in [3.63, 3.8) is 0 Å². The number of nitrogens with two attached hydrogens (primary N) is 1. The van der Waals surface area contributed by atoms with Crippen molar-refractivity contribution in [3.8, 4) is 11.3 Å². The molecular formula is C10H11ClN4. The molecule has 2 aromatic rings. The summed E-state index contributed by atoms with van der Waals surface area (Å²) in [5, 5.41) is 4.67. The van der Waals surface area contributed by atoms with Crippen LogP contribution in [0.25, 0.3) is 11.3 Å². The molecule has 0 aromatic carbocycles. The molecule has 2 rings (SSSR count). The summed E-state index contributed by atoms with van der Waals surface area (Å²) in [6.45, 7) is 1.91. The molecule has 0 spiro atoms. The fourth-order valence-electron chi connectivity index (χ4n) is 1.49. The molecule has 15 heavy (non-hydrogen) atoms. The van der Waals surface area contributed by atoms with Crippen molar-refractivity contribution in [1.29, 1.82) is 0 Å². The Kier molecular flexibility index (Phi) is 2.36. The van der Waals surface area contributed by atoms with Gasteiger partial charge in [0.25, 0.3) is 0 Å². The Labute approximate surface area is 92.7 Å². The predicted octanol–water partition coefficient (Wildman–Crippen LogP) is 2.03. The Morgan fingerprint density at radius 2 is 2.13 bits per heavy atom. The first-order valence-corrected chi connectivity index (χ1v) is 4.88. The quantitative estimate of drug-likeness (QED) is 0.752. The Hall–Kier alpha value is -1.55. The van der Waals surface area contributed by atoms with Gasteiger partial charge in [0, 0.05) is 18.8 Å². The number of halogens is 1. The second-order valence-electron chi connectivity index (χ2n) is 3.37. The van der Waals surface area contributed by atoms with Crippen LogP contribution in [0.1, 0.15) is 5.69 Å². The summed E-state index contributed by atoms with van der Waals surface area (Å²) in [5.41, 5.74) is 8.94. The standard InChI is InChI=1S/C10H11ClN4/c1-6-7(5-15(2)14-6)10-8(12)3-4-9(11)13-10/h3-5H,12H2,1-2H3. The minimum Gasteiger partial charge on any atom is -0.397 e. The molecule has 0 bridgehead atoms. The molecule has 0 saturated carbocycles. The molecular weight excluding hydrogens is 212 g/mol. The lowest BCUT2D eigenvalue weighted by atomic mass is 10.1. The first-order valence-electron chi connectivity index (χ1n) is 4.50. The molecule has 0 unspecified atom stereocenters. The van der Waals surface area contributed by atoms with Crippen LogP contribution < -0.4 is 5.73 Å². The summed E-state index contributed by atoms with van der Waals surface area (Å²) in [4.78, 5) is 4.20. The summed E-state index contributed by atoms with van der Waals surface area (Å²) < 4.78 is 1.73. The molecule has 0 radical (unpaired) electrons. The average molecular weight is 223 g/mol. The summed E-state index contributed by atoms with van der Waals surface area (Å²) in [6, 6.07) is 3.42. The number of aryl methyl sites for hydroxylation is 2. The van der Waals surface area contributed by atoms with E-state index in [2.05, 4.69) is 10.1 Å². The van der Waals surface area contributed by atoms with Crippen molar-refractivity contribution in [1.82, 2.24) is 14.8 Å². The molecule has 5 heteroatoms. The van der Waals surface area contributed by atoms with Gasteiger partial charge in [-0.1, -0.05) is 11.6 Å². The van der Waals surface area contributed by atoms with Crippen LogP contribution in [0.15, 0.2) is 18.3 Å². The Morgan fingerprint density at radius 1 is 1.40 bits per heavy atom. The fraction of sp³-hybridized carbons (Fsp3) is 0.200. The summed E-state index contributed by atoms with van der Waals surface area (Å²) in [5.74, 6) is 0. The Balaban J connectivity index is 2.62. The highest BCUT2D eigenvalue weighted by Gasteiger charge is 2.11. The number of nitrogen functional groups attached to an aromatic ring is 1. The lowest BCUT2D eigenvalue weighted by Crippen LogP contribution is -1.93. The van der Waals surface area contributed by atoms with Crippen LogP contribution in [-0.2, 0) is 7.05 Å². The van der Waals surface area contributed by atoms with Crippen LogP contribution in [0.5, 0.6) is 0 Å². The highest BCUT2D eigenvalue weighted by atomic mass is 35.5. The van der Waals surface area contributed by atoms with Gasteiger partial charge < -0.3 is 5.73 Å². The Morgan fingerprint density at radius 3 is 2.73 bits per heavy atom. The third-order valence-electron chi connectivity index (χ3n) is 2.16. The lowest BCUT2D eigenvalue weighted by Gasteiger charge is -2.03. The van der Waals surface area contributed by atoms with E-state index in [0.717, 1.165) is 11.3 Å². The zero-order valence-electron chi connectivity index (χ0n) is 8.53. The van der Waals surface area contributed by atoms with Crippen LogP contribution in [-0.4, -0.2) is 14.8 Å². The largest absolute Gasteiger partial charge is 0.397 e. The summed E-state index contributed by atoms with van der Waals surface area (Å²) >= 11 is 5.83. The SMILES string of the molecule is Cc1nn(C)cc1-c1nc(Cl)ccc1N. The normalized spacial score (nSPS) is 10.6. The first kappa shape index (κ1) is 9.98. The van der Waals surface area contributed by atoms with Crippen LogP contribution >= 0.6 is 11.6 Å². The number of aromatic nitrogens is 3. The second-order valence-corrected chi connectivity index (χ2v) is 3.76. The topological polar surface area (TPSA) is 56.7 Å².